The summed E-state index contributed by atoms with van der Waals surface area (Å²) in [5.74, 6) is 2.61. The molecule has 32 heavy (non-hydrogen) atoms. The SMILES string of the molecule is O=C([C@@H]1C[C@H](N2CCN(c3ncc(C(F)(F)F)c4ccccc34)CC2)CN1)N1CCSC1. The lowest BCUT2D eigenvalue weighted by Crippen LogP contribution is -2.51. The van der Waals surface area contributed by atoms with Crippen molar-refractivity contribution in [3.05, 3.63) is 36.0 Å². The van der Waals surface area contributed by atoms with E-state index in [2.05, 4.69) is 20.1 Å². The molecule has 0 unspecified atom stereocenters. The number of amides is 1. The van der Waals surface area contributed by atoms with E-state index in [1.165, 1.54) is 6.07 Å². The topological polar surface area (TPSA) is 51.7 Å². The monoisotopic (exact) mass is 465 g/mol. The average Bonchev–Trinajstić information content (AvgIpc) is 3.50. The number of thioether (sulfide) groups is 1. The van der Waals surface area contributed by atoms with Crippen LogP contribution in [0.1, 0.15) is 12.0 Å². The Morgan fingerprint density at radius 3 is 2.53 bits per heavy atom. The van der Waals surface area contributed by atoms with Crippen molar-refractivity contribution >= 4 is 34.3 Å². The summed E-state index contributed by atoms with van der Waals surface area (Å²) in [6, 6.07) is 6.80. The van der Waals surface area contributed by atoms with Gasteiger partial charge in [-0.15, -0.1) is 11.8 Å². The zero-order valence-corrected chi connectivity index (χ0v) is 18.5. The highest BCUT2D eigenvalue weighted by atomic mass is 32.2. The number of carbonyl (C=O) groups is 1. The van der Waals surface area contributed by atoms with Gasteiger partial charge in [-0.3, -0.25) is 9.69 Å². The zero-order chi connectivity index (χ0) is 22.3. The van der Waals surface area contributed by atoms with Crippen LogP contribution in [0, 0.1) is 0 Å². The minimum atomic E-state index is -4.43. The number of aromatic nitrogens is 1. The number of hydrogen-bond acceptors (Lipinski definition) is 6. The smallest absolute Gasteiger partial charge is 0.354 e. The number of rotatable bonds is 3. The summed E-state index contributed by atoms with van der Waals surface area (Å²) in [5, 5.41) is 4.12. The zero-order valence-electron chi connectivity index (χ0n) is 17.6. The number of fused-ring (bicyclic) bond motifs is 1. The second-order valence-electron chi connectivity index (χ2n) is 8.55. The molecule has 0 spiro atoms. The minimum absolute atomic E-state index is 0.114. The number of piperazine rings is 1. The molecule has 2 aromatic rings. The lowest BCUT2D eigenvalue weighted by molar-refractivity contribution is -0.136. The third-order valence-corrected chi connectivity index (χ3v) is 7.65. The summed E-state index contributed by atoms with van der Waals surface area (Å²) < 4.78 is 40.2. The second-order valence-corrected chi connectivity index (χ2v) is 9.63. The van der Waals surface area contributed by atoms with Crippen molar-refractivity contribution < 1.29 is 18.0 Å². The number of carbonyl (C=O) groups excluding carboxylic acids is 1. The molecule has 1 amide bonds. The highest BCUT2D eigenvalue weighted by molar-refractivity contribution is 7.99. The molecule has 1 N–H and O–H groups in total. The van der Waals surface area contributed by atoms with Gasteiger partial charge in [0.05, 0.1) is 17.5 Å². The van der Waals surface area contributed by atoms with Crippen LogP contribution in [-0.4, -0.2) is 83.7 Å². The van der Waals surface area contributed by atoms with E-state index < -0.39 is 11.7 Å². The first kappa shape index (κ1) is 21.8. The third kappa shape index (κ3) is 4.15. The van der Waals surface area contributed by atoms with Crippen molar-refractivity contribution in [3.63, 3.8) is 0 Å². The lowest BCUT2D eigenvalue weighted by atomic mass is 10.1. The summed E-state index contributed by atoms with van der Waals surface area (Å²) >= 11 is 1.79. The van der Waals surface area contributed by atoms with Gasteiger partial charge in [-0.25, -0.2) is 4.98 Å². The third-order valence-electron chi connectivity index (χ3n) is 6.68. The lowest BCUT2D eigenvalue weighted by Gasteiger charge is -2.38. The number of pyridine rings is 1. The molecule has 5 rings (SSSR count). The van der Waals surface area contributed by atoms with Gasteiger partial charge in [0.25, 0.3) is 0 Å². The first-order valence-electron chi connectivity index (χ1n) is 11.0. The fraction of sp³-hybridized carbons (Fsp3) is 0.545. The maximum atomic E-state index is 13.4. The Hall–Kier alpha value is -2.04. The van der Waals surface area contributed by atoms with E-state index in [0.717, 1.165) is 50.4 Å². The van der Waals surface area contributed by atoms with Gasteiger partial charge < -0.3 is 15.1 Å². The van der Waals surface area contributed by atoms with Crippen LogP contribution in [0.3, 0.4) is 0 Å². The second kappa shape index (κ2) is 8.72. The van der Waals surface area contributed by atoms with Gasteiger partial charge in [-0.2, -0.15) is 13.2 Å². The molecule has 3 aliphatic rings. The van der Waals surface area contributed by atoms with Crippen molar-refractivity contribution in [2.75, 3.05) is 55.8 Å². The van der Waals surface area contributed by atoms with E-state index in [1.807, 2.05) is 4.90 Å². The Bertz CT molecular complexity index is 989. The summed E-state index contributed by atoms with van der Waals surface area (Å²) in [6.07, 6.45) is -2.67. The van der Waals surface area contributed by atoms with Crippen molar-refractivity contribution in [3.8, 4) is 0 Å². The normalized spacial score (nSPS) is 25.1. The highest BCUT2D eigenvalue weighted by Gasteiger charge is 2.37. The van der Waals surface area contributed by atoms with Gasteiger partial charge in [0.1, 0.15) is 5.82 Å². The molecule has 1 aromatic heterocycles. The van der Waals surface area contributed by atoms with Gasteiger partial charge in [0.15, 0.2) is 0 Å². The number of alkyl halides is 3. The van der Waals surface area contributed by atoms with E-state index in [-0.39, 0.29) is 17.3 Å². The van der Waals surface area contributed by atoms with Crippen molar-refractivity contribution in [1.82, 2.24) is 20.1 Å². The number of hydrogen-bond donors (Lipinski definition) is 1. The summed E-state index contributed by atoms with van der Waals surface area (Å²) in [5.41, 5.74) is -0.695. The van der Waals surface area contributed by atoms with E-state index in [4.69, 9.17) is 0 Å². The Morgan fingerprint density at radius 1 is 1.09 bits per heavy atom. The molecule has 0 saturated carbocycles. The predicted molar refractivity (Wildman–Crippen MR) is 120 cm³/mol. The van der Waals surface area contributed by atoms with Crippen LogP contribution in [0.4, 0.5) is 19.0 Å². The summed E-state index contributed by atoms with van der Waals surface area (Å²) in [7, 11) is 0. The Labute approximate surface area is 189 Å². The average molecular weight is 466 g/mol. The van der Waals surface area contributed by atoms with Crippen LogP contribution in [0.5, 0.6) is 0 Å². The molecule has 10 heteroatoms. The number of anilines is 1. The van der Waals surface area contributed by atoms with Crippen LogP contribution in [-0.2, 0) is 11.0 Å². The predicted octanol–water partition coefficient (Wildman–Crippen LogP) is 2.64. The molecule has 6 nitrogen and oxygen atoms in total. The molecule has 4 heterocycles. The van der Waals surface area contributed by atoms with Gasteiger partial charge >= 0.3 is 6.18 Å². The Kier molecular flexibility index (Phi) is 5.94. The summed E-state index contributed by atoms with van der Waals surface area (Å²) in [6.45, 7) is 4.60. The minimum Gasteiger partial charge on any atom is -0.354 e. The largest absolute Gasteiger partial charge is 0.418 e. The molecule has 0 aliphatic carbocycles. The fourth-order valence-corrected chi connectivity index (χ4v) is 5.90. The van der Waals surface area contributed by atoms with E-state index in [0.29, 0.717) is 30.3 Å². The molecular weight excluding hydrogens is 439 g/mol. The molecule has 3 fully saturated rings. The summed E-state index contributed by atoms with van der Waals surface area (Å²) in [4.78, 5) is 23.3. The van der Waals surface area contributed by atoms with Gasteiger partial charge in [0, 0.05) is 62.6 Å². The Balaban J connectivity index is 1.25. The van der Waals surface area contributed by atoms with Crippen LogP contribution >= 0.6 is 11.8 Å². The van der Waals surface area contributed by atoms with E-state index in [1.54, 1.807) is 30.0 Å². The van der Waals surface area contributed by atoms with E-state index in [9.17, 15) is 18.0 Å². The van der Waals surface area contributed by atoms with Gasteiger partial charge in [0.2, 0.25) is 5.91 Å². The maximum absolute atomic E-state index is 13.4. The van der Waals surface area contributed by atoms with E-state index >= 15 is 0 Å². The molecule has 2 atom stereocenters. The molecule has 3 aliphatic heterocycles. The van der Waals surface area contributed by atoms with Crippen LogP contribution in [0.25, 0.3) is 10.8 Å². The highest BCUT2D eigenvalue weighted by Crippen LogP contribution is 2.37. The van der Waals surface area contributed by atoms with Gasteiger partial charge in [-0.05, 0) is 11.8 Å². The van der Waals surface area contributed by atoms with Crippen LogP contribution < -0.4 is 10.2 Å². The standard InChI is InChI=1S/C22H26F3N5OS/c23-22(24,25)18-13-27-20(17-4-2-1-3-16(17)18)29-7-5-28(6-8-29)15-11-19(26-12-15)21(31)30-9-10-32-14-30/h1-4,13,15,19,26H,5-12,14H2/t15-,19-/m0/s1. The quantitative estimate of drug-likeness (QED) is 0.752. The fourth-order valence-electron chi connectivity index (χ4n) is 4.95. The number of nitrogens with zero attached hydrogens (tertiary/aromatic N) is 4. The van der Waals surface area contributed by atoms with Gasteiger partial charge in [-0.1, -0.05) is 24.3 Å². The molecule has 0 radical (unpaired) electrons. The first-order valence-corrected chi connectivity index (χ1v) is 12.1. The molecular formula is C22H26F3N5OS. The first-order chi connectivity index (χ1) is 15.4. The molecule has 3 saturated heterocycles. The van der Waals surface area contributed by atoms with Crippen molar-refractivity contribution in [1.29, 1.82) is 0 Å². The number of halogens is 3. The molecule has 172 valence electrons. The number of benzene rings is 1. The number of nitrogens with one attached hydrogen (secondary N) is 1. The maximum Gasteiger partial charge on any atom is 0.418 e. The Morgan fingerprint density at radius 2 is 1.84 bits per heavy atom. The van der Waals surface area contributed by atoms with Crippen molar-refractivity contribution in [2.45, 2.75) is 24.7 Å². The van der Waals surface area contributed by atoms with Crippen molar-refractivity contribution in [2.24, 2.45) is 0 Å². The van der Waals surface area contributed by atoms with Crippen LogP contribution in [0.15, 0.2) is 30.5 Å². The van der Waals surface area contributed by atoms with Crippen LogP contribution in [0.2, 0.25) is 0 Å². The molecule has 1 aromatic carbocycles. The molecule has 0 bridgehead atoms.